The van der Waals surface area contributed by atoms with Crippen molar-refractivity contribution in [2.24, 2.45) is 5.92 Å². The van der Waals surface area contributed by atoms with Crippen LogP contribution in [0, 0.1) is 5.92 Å². The van der Waals surface area contributed by atoms with Crippen molar-refractivity contribution in [3.05, 3.63) is 33.4 Å². The number of urea groups is 1. The number of ether oxygens (including phenoxy) is 2. The van der Waals surface area contributed by atoms with E-state index in [0.717, 1.165) is 6.42 Å². The van der Waals surface area contributed by atoms with Crippen molar-refractivity contribution in [1.29, 1.82) is 0 Å². The van der Waals surface area contributed by atoms with Gasteiger partial charge in [-0.05, 0) is 52.9 Å². The fourth-order valence-electron chi connectivity index (χ4n) is 2.60. The van der Waals surface area contributed by atoms with Crippen LogP contribution >= 0.6 is 15.9 Å². The Bertz CT molecular complexity index is 745. The van der Waals surface area contributed by atoms with E-state index < -0.39 is 18.0 Å². The molecule has 1 aromatic rings. The molecule has 0 bridgehead atoms. The first-order valence-electron chi connectivity index (χ1n) is 8.26. The van der Waals surface area contributed by atoms with Crippen LogP contribution in [0.3, 0.4) is 0 Å². The number of esters is 1. The molecule has 8 heteroatoms. The summed E-state index contributed by atoms with van der Waals surface area (Å²) >= 11 is 3.26. The monoisotopic (exact) mass is 426 g/mol. The van der Waals surface area contributed by atoms with E-state index in [-0.39, 0.29) is 11.5 Å². The standard InChI is InChI=1S/C18H23BrN2O5/c1-9(2)5-6-26-17(23)14-10(3)20-18(24)21-15(14)11-7-12(19)16(22)13(8-11)25-4/h7-9,15,22H,5-6H2,1-4H3,(H2,20,21,24). The van der Waals surface area contributed by atoms with E-state index in [1.807, 2.05) is 13.8 Å². The van der Waals surface area contributed by atoms with Gasteiger partial charge in [0.05, 0.1) is 29.8 Å². The van der Waals surface area contributed by atoms with E-state index in [1.165, 1.54) is 7.11 Å². The molecule has 26 heavy (non-hydrogen) atoms. The number of phenolic OH excluding ortho intramolecular Hbond substituents is 1. The topological polar surface area (TPSA) is 96.9 Å². The van der Waals surface area contributed by atoms with Gasteiger partial charge in [0, 0.05) is 5.70 Å². The summed E-state index contributed by atoms with van der Waals surface area (Å²) in [5.74, 6) is 0.0876. The van der Waals surface area contributed by atoms with E-state index >= 15 is 0 Å². The molecular weight excluding hydrogens is 404 g/mol. The highest BCUT2D eigenvalue weighted by molar-refractivity contribution is 9.10. The molecule has 1 aliphatic heterocycles. The van der Waals surface area contributed by atoms with E-state index in [0.29, 0.717) is 33.8 Å². The third-order valence-corrected chi connectivity index (χ3v) is 4.63. The minimum absolute atomic E-state index is 0.0572. The smallest absolute Gasteiger partial charge is 0.338 e. The maximum absolute atomic E-state index is 12.6. The van der Waals surface area contributed by atoms with Gasteiger partial charge in [0.25, 0.3) is 0 Å². The molecule has 0 spiro atoms. The fraction of sp³-hybridized carbons (Fsp3) is 0.444. The minimum atomic E-state index is -0.721. The number of benzene rings is 1. The number of phenols is 1. The van der Waals surface area contributed by atoms with E-state index in [9.17, 15) is 14.7 Å². The summed E-state index contributed by atoms with van der Waals surface area (Å²) in [6.45, 7) is 6.04. The average molecular weight is 427 g/mol. The molecule has 0 aromatic heterocycles. The number of nitrogens with one attached hydrogen (secondary N) is 2. The van der Waals surface area contributed by atoms with Gasteiger partial charge in [0.2, 0.25) is 0 Å². The Morgan fingerprint density at radius 3 is 2.69 bits per heavy atom. The largest absolute Gasteiger partial charge is 0.503 e. The highest BCUT2D eigenvalue weighted by Gasteiger charge is 2.33. The van der Waals surface area contributed by atoms with Crippen molar-refractivity contribution in [3.63, 3.8) is 0 Å². The summed E-state index contributed by atoms with van der Waals surface area (Å²) < 4.78 is 10.9. The van der Waals surface area contributed by atoms with Crippen LogP contribution in [-0.4, -0.2) is 30.8 Å². The second-order valence-electron chi connectivity index (χ2n) is 6.44. The van der Waals surface area contributed by atoms with Gasteiger partial charge < -0.3 is 25.2 Å². The van der Waals surface area contributed by atoms with Gasteiger partial charge in [0.15, 0.2) is 11.5 Å². The number of amides is 2. The van der Waals surface area contributed by atoms with Crippen LogP contribution in [0.1, 0.15) is 38.8 Å². The first kappa shape index (κ1) is 20.1. The number of carbonyl (C=O) groups is 2. The third kappa shape index (κ3) is 4.49. The molecule has 0 fully saturated rings. The number of rotatable bonds is 6. The third-order valence-electron chi connectivity index (χ3n) is 4.02. The molecule has 0 saturated carbocycles. The predicted octanol–water partition coefficient (Wildman–Crippen LogP) is 3.38. The van der Waals surface area contributed by atoms with Crippen molar-refractivity contribution in [2.45, 2.75) is 33.2 Å². The Labute approximate surface area is 160 Å². The quantitative estimate of drug-likeness (QED) is 0.605. The average Bonchev–Trinajstić information content (AvgIpc) is 2.55. The van der Waals surface area contributed by atoms with Gasteiger partial charge in [-0.2, -0.15) is 0 Å². The molecule has 1 atom stereocenters. The number of methoxy groups -OCH3 is 1. The molecule has 2 amide bonds. The molecule has 1 heterocycles. The van der Waals surface area contributed by atoms with Crippen LogP contribution in [0.5, 0.6) is 11.5 Å². The summed E-state index contributed by atoms with van der Waals surface area (Å²) in [5.41, 5.74) is 1.32. The summed E-state index contributed by atoms with van der Waals surface area (Å²) in [4.78, 5) is 24.6. The SMILES string of the molecule is COc1cc(C2NC(=O)NC(C)=C2C(=O)OCCC(C)C)cc(Br)c1O. The molecule has 1 aliphatic rings. The van der Waals surface area contributed by atoms with Crippen molar-refractivity contribution in [2.75, 3.05) is 13.7 Å². The van der Waals surface area contributed by atoms with Crippen molar-refractivity contribution in [3.8, 4) is 11.5 Å². The molecule has 0 saturated heterocycles. The Morgan fingerprint density at radius 2 is 2.08 bits per heavy atom. The molecule has 2 rings (SSSR count). The zero-order valence-electron chi connectivity index (χ0n) is 15.2. The number of aromatic hydroxyl groups is 1. The van der Waals surface area contributed by atoms with Crippen molar-refractivity contribution >= 4 is 27.9 Å². The summed E-state index contributed by atoms with van der Waals surface area (Å²) in [6, 6.07) is 2.06. The van der Waals surface area contributed by atoms with Crippen LogP contribution < -0.4 is 15.4 Å². The Morgan fingerprint density at radius 1 is 1.38 bits per heavy atom. The number of carbonyl (C=O) groups excluding carboxylic acids is 2. The van der Waals surface area contributed by atoms with Crippen LogP contribution in [0.2, 0.25) is 0 Å². The Hall–Kier alpha value is -2.22. The van der Waals surface area contributed by atoms with Crippen LogP contribution in [0.15, 0.2) is 27.9 Å². The molecule has 1 aromatic carbocycles. The van der Waals surface area contributed by atoms with Crippen LogP contribution in [0.25, 0.3) is 0 Å². The zero-order valence-corrected chi connectivity index (χ0v) is 16.8. The van der Waals surface area contributed by atoms with Gasteiger partial charge in [-0.1, -0.05) is 13.8 Å². The van der Waals surface area contributed by atoms with E-state index in [1.54, 1.807) is 19.1 Å². The number of halogens is 1. The minimum Gasteiger partial charge on any atom is -0.503 e. The molecule has 0 radical (unpaired) electrons. The first-order valence-corrected chi connectivity index (χ1v) is 9.05. The zero-order chi connectivity index (χ0) is 19.4. The van der Waals surface area contributed by atoms with Gasteiger partial charge in [-0.25, -0.2) is 9.59 Å². The summed E-state index contributed by atoms with van der Waals surface area (Å²) in [7, 11) is 1.43. The normalized spacial score (nSPS) is 17.0. The van der Waals surface area contributed by atoms with Gasteiger partial charge in [0.1, 0.15) is 0 Å². The second-order valence-corrected chi connectivity index (χ2v) is 7.30. The van der Waals surface area contributed by atoms with Crippen LogP contribution in [-0.2, 0) is 9.53 Å². The lowest BCUT2D eigenvalue weighted by molar-refractivity contribution is -0.139. The summed E-state index contributed by atoms with van der Waals surface area (Å²) in [5, 5.41) is 15.3. The van der Waals surface area contributed by atoms with Crippen molar-refractivity contribution < 1.29 is 24.2 Å². The predicted molar refractivity (Wildman–Crippen MR) is 99.9 cm³/mol. The van der Waals surface area contributed by atoms with Gasteiger partial charge in [-0.3, -0.25) is 0 Å². The Kier molecular flexibility index (Phi) is 6.52. The molecule has 1 unspecified atom stereocenters. The maximum atomic E-state index is 12.6. The lowest BCUT2D eigenvalue weighted by atomic mass is 9.95. The highest BCUT2D eigenvalue weighted by Crippen LogP contribution is 2.39. The fourth-order valence-corrected chi connectivity index (χ4v) is 3.06. The molecular formula is C18H23BrN2O5. The molecule has 142 valence electrons. The lowest BCUT2D eigenvalue weighted by Crippen LogP contribution is -2.45. The second kappa shape index (κ2) is 8.44. The molecule has 7 nitrogen and oxygen atoms in total. The van der Waals surface area contributed by atoms with Gasteiger partial charge in [-0.15, -0.1) is 0 Å². The Balaban J connectivity index is 2.38. The number of hydrogen-bond acceptors (Lipinski definition) is 5. The highest BCUT2D eigenvalue weighted by atomic mass is 79.9. The first-order chi connectivity index (χ1) is 12.2. The van der Waals surface area contributed by atoms with Crippen LogP contribution in [0.4, 0.5) is 4.79 Å². The number of allylic oxidation sites excluding steroid dienone is 1. The van der Waals surface area contributed by atoms with Gasteiger partial charge >= 0.3 is 12.0 Å². The summed E-state index contributed by atoms with van der Waals surface area (Å²) in [6.07, 6.45) is 0.751. The van der Waals surface area contributed by atoms with E-state index in [2.05, 4.69) is 26.6 Å². The number of hydrogen-bond donors (Lipinski definition) is 3. The van der Waals surface area contributed by atoms with E-state index in [4.69, 9.17) is 9.47 Å². The maximum Gasteiger partial charge on any atom is 0.338 e. The molecule has 3 N–H and O–H groups in total. The molecule has 0 aliphatic carbocycles. The van der Waals surface area contributed by atoms with Crippen molar-refractivity contribution in [1.82, 2.24) is 10.6 Å². The lowest BCUT2D eigenvalue weighted by Gasteiger charge is -2.28.